The predicted molar refractivity (Wildman–Crippen MR) is 94.0 cm³/mol. The van der Waals surface area contributed by atoms with Gasteiger partial charge in [-0.15, -0.1) is 0 Å². The molecule has 1 N–H and O–H groups in total. The van der Waals surface area contributed by atoms with Gasteiger partial charge in [0.1, 0.15) is 12.4 Å². The Balaban J connectivity index is 1.85. The molecule has 2 amide bonds. The van der Waals surface area contributed by atoms with Gasteiger partial charge in [0.05, 0.1) is 4.91 Å². The quantitative estimate of drug-likeness (QED) is 0.789. The molecule has 0 aromatic heterocycles. The Labute approximate surface area is 146 Å². The lowest BCUT2D eigenvalue weighted by molar-refractivity contribution is -0.115. The second-order valence-electron chi connectivity index (χ2n) is 4.81. The first kappa shape index (κ1) is 15.8. The maximum Gasteiger partial charge on any atom is 0.290 e. The summed E-state index contributed by atoms with van der Waals surface area (Å²) in [4.78, 5) is 23.3. The lowest BCUT2D eigenvalue weighted by Crippen LogP contribution is -2.17. The molecule has 1 fully saturated rings. The number of hydrogen-bond acceptors (Lipinski definition) is 4. The summed E-state index contributed by atoms with van der Waals surface area (Å²) in [6.07, 6.45) is 1.66. The molecule has 0 atom stereocenters. The fraction of sp³-hybridized carbons (Fsp3) is 0.0588. The van der Waals surface area contributed by atoms with E-state index in [-0.39, 0.29) is 11.1 Å². The zero-order valence-corrected chi connectivity index (χ0v) is 14.3. The summed E-state index contributed by atoms with van der Waals surface area (Å²) in [6.45, 7) is 0.427. The number of thioether (sulfide) groups is 1. The molecule has 0 aliphatic carbocycles. The van der Waals surface area contributed by atoms with E-state index in [9.17, 15) is 9.59 Å². The molecule has 0 radical (unpaired) electrons. The molecule has 0 saturated carbocycles. The zero-order chi connectivity index (χ0) is 16.2. The number of benzene rings is 2. The predicted octanol–water partition coefficient (Wildman–Crippen LogP) is 4.35. The van der Waals surface area contributed by atoms with Gasteiger partial charge in [0, 0.05) is 10.0 Å². The summed E-state index contributed by atoms with van der Waals surface area (Å²) in [5, 5.41) is 1.88. The van der Waals surface area contributed by atoms with Gasteiger partial charge in [-0.25, -0.2) is 0 Å². The lowest BCUT2D eigenvalue weighted by atomic mass is 10.2. The van der Waals surface area contributed by atoms with Crippen molar-refractivity contribution in [2.45, 2.75) is 6.61 Å². The Bertz CT molecular complexity index is 790. The Morgan fingerprint density at radius 3 is 2.61 bits per heavy atom. The van der Waals surface area contributed by atoms with Crippen molar-refractivity contribution in [2.24, 2.45) is 0 Å². The van der Waals surface area contributed by atoms with Crippen LogP contribution < -0.4 is 10.1 Å². The lowest BCUT2D eigenvalue weighted by Gasteiger charge is -2.10. The summed E-state index contributed by atoms with van der Waals surface area (Å²) in [6, 6.07) is 15.4. The van der Waals surface area contributed by atoms with Gasteiger partial charge in [0.2, 0.25) is 0 Å². The monoisotopic (exact) mass is 389 g/mol. The summed E-state index contributed by atoms with van der Waals surface area (Å²) in [5.74, 6) is 0.270. The van der Waals surface area contributed by atoms with Crippen molar-refractivity contribution >= 4 is 44.9 Å². The van der Waals surface area contributed by atoms with Gasteiger partial charge in [0.15, 0.2) is 0 Å². The van der Waals surface area contributed by atoms with Crippen molar-refractivity contribution in [2.75, 3.05) is 0 Å². The minimum Gasteiger partial charge on any atom is -0.488 e. The molecule has 1 saturated heterocycles. The topological polar surface area (TPSA) is 55.4 Å². The highest BCUT2D eigenvalue weighted by molar-refractivity contribution is 9.10. The highest BCUT2D eigenvalue weighted by Crippen LogP contribution is 2.31. The van der Waals surface area contributed by atoms with Gasteiger partial charge in [0.25, 0.3) is 11.1 Å². The van der Waals surface area contributed by atoms with E-state index in [2.05, 4.69) is 21.2 Å². The van der Waals surface area contributed by atoms with Crippen LogP contribution in [0.15, 0.2) is 57.9 Å². The Morgan fingerprint density at radius 1 is 1.13 bits per heavy atom. The first-order valence-corrected chi connectivity index (χ1v) is 8.44. The molecule has 23 heavy (non-hydrogen) atoms. The van der Waals surface area contributed by atoms with E-state index in [0.717, 1.165) is 27.4 Å². The second-order valence-corrected chi connectivity index (χ2v) is 6.74. The van der Waals surface area contributed by atoms with Crippen LogP contribution in [-0.4, -0.2) is 11.1 Å². The molecule has 6 heteroatoms. The Hall–Kier alpha value is -2.05. The number of hydrogen-bond donors (Lipinski definition) is 1. The van der Waals surface area contributed by atoms with E-state index in [4.69, 9.17) is 4.74 Å². The van der Waals surface area contributed by atoms with Gasteiger partial charge in [-0.05, 0) is 41.6 Å². The average molecular weight is 390 g/mol. The maximum atomic E-state index is 11.7. The van der Waals surface area contributed by atoms with Gasteiger partial charge in [-0.1, -0.05) is 46.3 Å². The SMILES string of the molecule is O=C1NC(=O)/C(=C/c2cc(Br)ccc2OCc2ccccc2)S1. The van der Waals surface area contributed by atoms with Crippen LogP contribution in [0.25, 0.3) is 6.08 Å². The summed E-state index contributed by atoms with van der Waals surface area (Å²) in [7, 11) is 0. The third kappa shape index (κ3) is 4.03. The smallest absolute Gasteiger partial charge is 0.290 e. The van der Waals surface area contributed by atoms with Crippen molar-refractivity contribution in [1.29, 1.82) is 0 Å². The van der Waals surface area contributed by atoms with Gasteiger partial charge in [-0.3, -0.25) is 14.9 Å². The molecule has 1 aliphatic heterocycles. The van der Waals surface area contributed by atoms with Crippen LogP contribution in [0.1, 0.15) is 11.1 Å². The van der Waals surface area contributed by atoms with Crippen LogP contribution in [0.2, 0.25) is 0 Å². The zero-order valence-electron chi connectivity index (χ0n) is 11.9. The van der Waals surface area contributed by atoms with E-state index < -0.39 is 0 Å². The first-order chi connectivity index (χ1) is 11.1. The summed E-state index contributed by atoms with van der Waals surface area (Å²) < 4.78 is 6.73. The van der Waals surface area contributed by atoms with E-state index >= 15 is 0 Å². The van der Waals surface area contributed by atoms with Crippen LogP contribution in [0, 0.1) is 0 Å². The second kappa shape index (κ2) is 7.02. The van der Waals surface area contributed by atoms with Crippen molar-refractivity contribution < 1.29 is 14.3 Å². The van der Waals surface area contributed by atoms with Crippen LogP contribution in [0.4, 0.5) is 4.79 Å². The average Bonchev–Trinajstić information content (AvgIpc) is 2.85. The normalized spacial score (nSPS) is 15.8. The number of imide groups is 1. The van der Waals surface area contributed by atoms with Crippen LogP contribution in [0.3, 0.4) is 0 Å². The minimum absolute atomic E-state index is 0.358. The van der Waals surface area contributed by atoms with E-state index in [1.165, 1.54) is 0 Å². The summed E-state index contributed by atoms with van der Waals surface area (Å²) >= 11 is 4.30. The number of carbonyl (C=O) groups is 2. The number of halogens is 1. The Kier molecular flexibility index (Phi) is 4.83. The molecule has 1 aliphatic rings. The molecule has 0 bridgehead atoms. The van der Waals surface area contributed by atoms with Gasteiger partial charge < -0.3 is 4.74 Å². The van der Waals surface area contributed by atoms with Crippen molar-refractivity contribution in [3.05, 3.63) is 69.0 Å². The fourth-order valence-corrected chi connectivity index (χ4v) is 3.11. The van der Waals surface area contributed by atoms with Crippen molar-refractivity contribution in [3.63, 3.8) is 0 Å². The Morgan fingerprint density at radius 2 is 1.91 bits per heavy atom. The van der Waals surface area contributed by atoms with Gasteiger partial charge >= 0.3 is 0 Å². The third-order valence-corrected chi connectivity index (χ3v) is 4.44. The van der Waals surface area contributed by atoms with Crippen LogP contribution in [0.5, 0.6) is 5.75 Å². The number of carbonyl (C=O) groups excluding carboxylic acids is 2. The fourth-order valence-electron chi connectivity index (χ4n) is 2.06. The number of ether oxygens (including phenoxy) is 1. The number of amides is 2. The molecule has 1 heterocycles. The van der Waals surface area contributed by atoms with Crippen LogP contribution in [-0.2, 0) is 11.4 Å². The van der Waals surface area contributed by atoms with Crippen molar-refractivity contribution in [1.82, 2.24) is 5.32 Å². The number of rotatable bonds is 4. The highest BCUT2D eigenvalue weighted by Gasteiger charge is 2.25. The minimum atomic E-state index is -0.381. The van der Waals surface area contributed by atoms with E-state index in [1.807, 2.05) is 48.5 Å². The summed E-state index contributed by atoms with van der Waals surface area (Å²) in [5.41, 5.74) is 1.79. The maximum absolute atomic E-state index is 11.7. The molecule has 0 spiro atoms. The third-order valence-electron chi connectivity index (χ3n) is 3.14. The van der Waals surface area contributed by atoms with Crippen LogP contribution >= 0.6 is 27.7 Å². The first-order valence-electron chi connectivity index (χ1n) is 6.83. The molecule has 2 aromatic rings. The molecular formula is C17H12BrNO3S. The molecule has 3 rings (SSSR count). The molecule has 116 valence electrons. The highest BCUT2D eigenvalue weighted by atomic mass is 79.9. The largest absolute Gasteiger partial charge is 0.488 e. The molecule has 0 unspecified atom stereocenters. The molecule has 4 nitrogen and oxygen atoms in total. The molecular weight excluding hydrogens is 378 g/mol. The van der Waals surface area contributed by atoms with E-state index in [0.29, 0.717) is 17.3 Å². The van der Waals surface area contributed by atoms with Crippen molar-refractivity contribution in [3.8, 4) is 5.75 Å². The number of nitrogens with one attached hydrogen (secondary N) is 1. The molecule has 2 aromatic carbocycles. The van der Waals surface area contributed by atoms with Gasteiger partial charge in [-0.2, -0.15) is 0 Å². The standard InChI is InChI=1S/C17H12BrNO3S/c18-13-6-7-14(22-10-11-4-2-1-3-5-11)12(8-13)9-15-16(20)19-17(21)23-15/h1-9H,10H2,(H,19,20,21)/b15-9-. The van der Waals surface area contributed by atoms with E-state index in [1.54, 1.807) is 6.08 Å².